The number of halogens is 2. The van der Waals surface area contributed by atoms with Crippen molar-refractivity contribution in [2.75, 3.05) is 6.54 Å². The average molecular weight is 135 g/mol. The molecule has 0 bridgehead atoms. The van der Waals surface area contributed by atoms with Crippen molar-refractivity contribution in [2.45, 2.75) is 19.3 Å². The van der Waals surface area contributed by atoms with Gasteiger partial charge in [0, 0.05) is 18.4 Å². The zero-order valence-corrected chi connectivity index (χ0v) is 5.40. The second kappa shape index (κ2) is 1.90. The highest BCUT2D eigenvalue weighted by Gasteiger charge is 2.65. The highest BCUT2D eigenvalue weighted by atomic mass is 19.3. The Bertz CT molecular complexity index is 102. The first-order chi connectivity index (χ1) is 4.14. The molecule has 0 saturated heterocycles. The predicted molar refractivity (Wildman–Crippen MR) is 31.3 cm³/mol. The van der Waals surface area contributed by atoms with Gasteiger partial charge in [0.15, 0.2) is 0 Å². The zero-order chi connectivity index (χ0) is 7.07. The molecule has 0 aliphatic heterocycles. The van der Waals surface area contributed by atoms with Gasteiger partial charge in [-0.3, -0.25) is 0 Å². The number of alkyl halides is 2. The molecule has 0 amide bonds. The van der Waals surface area contributed by atoms with Crippen molar-refractivity contribution in [3.8, 4) is 0 Å². The summed E-state index contributed by atoms with van der Waals surface area (Å²) in [6.07, 6.45) is 0.550. The van der Waals surface area contributed by atoms with Gasteiger partial charge in [-0.1, -0.05) is 6.92 Å². The summed E-state index contributed by atoms with van der Waals surface area (Å²) in [6, 6.07) is 0. The summed E-state index contributed by atoms with van der Waals surface area (Å²) < 4.78 is 24.8. The molecule has 1 fully saturated rings. The Kier molecular flexibility index (Phi) is 1.47. The molecular weight excluding hydrogens is 124 g/mol. The molecule has 1 nitrogen and oxygen atoms in total. The molecule has 1 aliphatic carbocycles. The second-order valence-electron chi connectivity index (χ2n) is 2.53. The Morgan fingerprint density at radius 1 is 1.44 bits per heavy atom. The van der Waals surface area contributed by atoms with Crippen molar-refractivity contribution in [1.82, 2.24) is 0 Å². The quantitative estimate of drug-likeness (QED) is 0.605. The Hall–Kier alpha value is -0.180. The molecule has 2 N–H and O–H groups in total. The molecule has 0 spiro atoms. The second-order valence-corrected chi connectivity index (χ2v) is 2.53. The van der Waals surface area contributed by atoms with Gasteiger partial charge in [-0.2, -0.15) is 0 Å². The summed E-state index contributed by atoms with van der Waals surface area (Å²) in [5, 5.41) is 0. The summed E-state index contributed by atoms with van der Waals surface area (Å²) >= 11 is 0. The van der Waals surface area contributed by atoms with Crippen molar-refractivity contribution in [2.24, 2.45) is 17.6 Å². The lowest BCUT2D eigenvalue weighted by Gasteiger charge is -1.88. The van der Waals surface area contributed by atoms with E-state index in [9.17, 15) is 8.78 Å². The number of hydrogen-bond acceptors (Lipinski definition) is 1. The van der Waals surface area contributed by atoms with Gasteiger partial charge in [-0.05, 0) is 6.42 Å². The van der Waals surface area contributed by atoms with E-state index in [4.69, 9.17) is 5.73 Å². The molecule has 2 atom stereocenters. The molecular formula is C6H11F2N. The fourth-order valence-electron chi connectivity index (χ4n) is 1.34. The summed E-state index contributed by atoms with van der Waals surface area (Å²) in [5.74, 6) is -3.39. The van der Waals surface area contributed by atoms with E-state index in [-0.39, 0.29) is 6.54 Å². The van der Waals surface area contributed by atoms with Crippen LogP contribution < -0.4 is 5.73 Å². The molecule has 0 aromatic heterocycles. The predicted octanol–water partition coefficient (Wildman–Crippen LogP) is 1.24. The van der Waals surface area contributed by atoms with Gasteiger partial charge in [0.25, 0.3) is 5.92 Å². The van der Waals surface area contributed by atoms with E-state index in [1.807, 2.05) is 0 Å². The molecule has 1 aliphatic rings. The van der Waals surface area contributed by atoms with E-state index in [2.05, 4.69) is 0 Å². The summed E-state index contributed by atoms with van der Waals surface area (Å²) in [7, 11) is 0. The van der Waals surface area contributed by atoms with E-state index in [0.717, 1.165) is 0 Å². The normalized spacial score (nSPS) is 38.7. The minimum atomic E-state index is -2.44. The van der Waals surface area contributed by atoms with Gasteiger partial charge in [0.05, 0.1) is 0 Å². The highest BCUT2D eigenvalue weighted by molar-refractivity contribution is 5.04. The molecule has 0 heterocycles. The lowest BCUT2D eigenvalue weighted by molar-refractivity contribution is 0.0846. The minimum absolute atomic E-state index is 0.130. The van der Waals surface area contributed by atoms with Crippen molar-refractivity contribution in [3.05, 3.63) is 0 Å². The van der Waals surface area contributed by atoms with Crippen LogP contribution in [0.3, 0.4) is 0 Å². The van der Waals surface area contributed by atoms with Crippen molar-refractivity contribution in [3.63, 3.8) is 0 Å². The van der Waals surface area contributed by atoms with E-state index < -0.39 is 17.8 Å². The molecule has 1 rings (SSSR count). The Labute approximate surface area is 53.2 Å². The SMILES string of the molecule is CC[C@@H]1[C@H](CN)C1(F)F. The lowest BCUT2D eigenvalue weighted by atomic mass is 10.2. The molecule has 3 heteroatoms. The fraction of sp³-hybridized carbons (Fsp3) is 1.00. The van der Waals surface area contributed by atoms with Gasteiger partial charge in [0.2, 0.25) is 0 Å². The first kappa shape index (κ1) is 6.93. The van der Waals surface area contributed by atoms with Crippen LogP contribution in [-0.2, 0) is 0 Å². The standard InChI is InChI=1S/C6H11F2N/c1-2-4-5(3-9)6(4,7)8/h4-5H,2-3,9H2,1H3/t4-,5+/m1/s1. The third-order valence-electron chi connectivity index (χ3n) is 2.06. The van der Waals surface area contributed by atoms with Gasteiger partial charge < -0.3 is 5.73 Å². The van der Waals surface area contributed by atoms with E-state index in [0.29, 0.717) is 6.42 Å². The molecule has 1 saturated carbocycles. The van der Waals surface area contributed by atoms with E-state index in [1.54, 1.807) is 6.92 Å². The van der Waals surface area contributed by atoms with Crippen LogP contribution in [0.4, 0.5) is 8.78 Å². The maximum atomic E-state index is 12.4. The minimum Gasteiger partial charge on any atom is -0.330 e. The van der Waals surface area contributed by atoms with Gasteiger partial charge in [-0.25, -0.2) is 8.78 Å². The van der Waals surface area contributed by atoms with E-state index >= 15 is 0 Å². The smallest absolute Gasteiger partial charge is 0.255 e. The first-order valence-electron chi connectivity index (χ1n) is 3.22. The fourth-order valence-corrected chi connectivity index (χ4v) is 1.34. The molecule has 0 radical (unpaired) electrons. The van der Waals surface area contributed by atoms with Crippen LogP contribution in [0.2, 0.25) is 0 Å². The van der Waals surface area contributed by atoms with Gasteiger partial charge >= 0.3 is 0 Å². The molecule has 54 valence electrons. The van der Waals surface area contributed by atoms with Crippen LogP contribution in [-0.4, -0.2) is 12.5 Å². The summed E-state index contributed by atoms with van der Waals surface area (Å²) in [4.78, 5) is 0. The third-order valence-corrected chi connectivity index (χ3v) is 2.06. The van der Waals surface area contributed by atoms with Gasteiger partial charge in [0.1, 0.15) is 0 Å². The maximum absolute atomic E-state index is 12.4. The number of nitrogens with two attached hydrogens (primary N) is 1. The van der Waals surface area contributed by atoms with Crippen LogP contribution in [0.5, 0.6) is 0 Å². The van der Waals surface area contributed by atoms with Crippen LogP contribution in [0.15, 0.2) is 0 Å². The molecule has 0 unspecified atom stereocenters. The topological polar surface area (TPSA) is 26.0 Å². The van der Waals surface area contributed by atoms with Crippen LogP contribution in [0, 0.1) is 11.8 Å². The molecule has 9 heavy (non-hydrogen) atoms. The highest BCUT2D eigenvalue weighted by Crippen LogP contribution is 2.56. The van der Waals surface area contributed by atoms with Crippen molar-refractivity contribution >= 4 is 0 Å². The largest absolute Gasteiger partial charge is 0.330 e. The number of hydrogen-bond donors (Lipinski definition) is 1. The third kappa shape index (κ3) is 0.834. The van der Waals surface area contributed by atoms with Gasteiger partial charge in [-0.15, -0.1) is 0 Å². The van der Waals surface area contributed by atoms with Crippen LogP contribution in [0.25, 0.3) is 0 Å². The van der Waals surface area contributed by atoms with Crippen molar-refractivity contribution < 1.29 is 8.78 Å². The Balaban J connectivity index is 2.45. The Morgan fingerprint density at radius 3 is 2.11 bits per heavy atom. The monoisotopic (exact) mass is 135 g/mol. The first-order valence-corrected chi connectivity index (χ1v) is 3.22. The van der Waals surface area contributed by atoms with Crippen molar-refractivity contribution in [1.29, 1.82) is 0 Å². The maximum Gasteiger partial charge on any atom is 0.255 e. The number of rotatable bonds is 2. The summed E-state index contributed by atoms with van der Waals surface area (Å²) in [6.45, 7) is 1.90. The van der Waals surface area contributed by atoms with E-state index in [1.165, 1.54) is 0 Å². The van der Waals surface area contributed by atoms with Crippen LogP contribution in [0.1, 0.15) is 13.3 Å². The van der Waals surface area contributed by atoms with Crippen LogP contribution >= 0.6 is 0 Å². The Morgan fingerprint density at radius 2 is 2.00 bits per heavy atom. The average Bonchev–Trinajstić information content (AvgIpc) is 2.32. The molecule has 0 aromatic carbocycles. The lowest BCUT2D eigenvalue weighted by Crippen LogP contribution is -2.06. The molecule has 0 aromatic rings. The summed E-state index contributed by atoms with van der Waals surface area (Å²) in [5.41, 5.74) is 5.10. The zero-order valence-electron chi connectivity index (χ0n) is 5.40.